The lowest BCUT2D eigenvalue weighted by molar-refractivity contribution is -0.115. The molecule has 1 aromatic carbocycles. The molecule has 0 unspecified atom stereocenters. The van der Waals surface area contributed by atoms with Gasteiger partial charge in [-0.1, -0.05) is 0 Å². The lowest BCUT2D eigenvalue weighted by Crippen LogP contribution is -2.16. The van der Waals surface area contributed by atoms with Crippen LogP contribution in [0.4, 0.5) is 14.5 Å². The first-order valence-corrected chi connectivity index (χ1v) is 5.87. The average Bonchev–Trinajstić information content (AvgIpc) is 2.43. The van der Waals surface area contributed by atoms with E-state index in [9.17, 15) is 13.6 Å². The SMILES string of the molecule is O=C(Cc1cc(F)ccc1F)Nc1cnccc1CO. The average molecular weight is 278 g/mol. The summed E-state index contributed by atoms with van der Waals surface area (Å²) in [6.45, 7) is -0.257. The third kappa shape index (κ3) is 3.36. The van der Waals surface area contributed by atoms with E-state index >= 15 is 0 Å². The fourth-order valence-corrected chi connectivity index (χ4v) is 1.72. The van der Waals surface area contributed by atoms with Crippen LogP contribution in [-0.4, -0.2) is 16.0 Å². The highest BCUT2D eigenvalue weighted by molar-refractivity contribution is 5.92. The highest BCUT2D eigenvalue weighted by atomic mass is 19.1. The summed E-state index contributed by atoms with van der Waals surface area (Å²) < 4.78 is 26.4. The molecule has 0 aliphatic heterocycles. The lowest BCUT2D eigenvalue weighted by atomic mass is 10.1. The first-order chi connectivity index (χ1) is 9.60. The second kappa shape index (κ2) is 6.21. The summed E-state index contributed by atoms with van der Waals surface area (Å²) in [7, 11) is 0. The van der Waals surface area contributed by atoms with Gasteiger partial charge in [-0.2, -0.15) is 0 Å². The fraction of sp³-hybridized carbons (Fsp3) is 0.143. The molecule has 0 saturated carbocycles. The van der Waals surface area contributed by atoms with E-state index in [1.165, 1.54) is 12.4 Å². The van der Waals surface area contributed by atoms with Gasteiger partial charge in [-0.25, -0.2) is 8.78 Å². The van der Waals surface area contributed by atoms with E-state index in [1.807, 2.05) is 0 Å². The zero-order valence-electron chi connectivity index (χ0n) is 10.4. The largest absolute Gasteiger partial charge is 0.392 e. The van der Waals surface area contributed by atoms with Crippen molar-refractivity contribution in [3.05, 3.63) is 59.4 Å². The van der Waals surface area contributed by atoms with Crippen molar-refractivity contribution in [2.75, 3.05) is 5.32 Å². The standard InChI is InChI=1S/C14H12F2N2O2/c15-11-1-2-12(16)10(5-11)6-14(20)18-13-7-17-4-3-9(13)8-19/h1-5,7,19H,6,8H2,(H,18,20). The van der Waals surface area contributed by atoms with Crippen LogP contribution in [0.1, 0.15) is 11.1 Å². The van der Waals surface area contributed by atoms with E-state index in [-0.39, 0.29) is 18.6 Å². The van der Waals surface area contributed by atoms with Gasteiger partial charge >= 0.3 is 0 Å². The normalized spacial score (nSPS) is 10.3. The van der Waals surface area contributed by atoms with Crippen molar-refractivity contribution >= 4 is 11.6 Å². The van der Waals surface area contributed by atoms with Gasteiger partial charge < -0.3 is 10.4 Å². The van der Waals surface area contributed by atoms with Gasteiger partial charge in [0.25, 0.3) is 0 Å². The molecule has 0 radical (unpaired) electrons. The van der Waals surface area contributed by atoms with E-state index in [0.717, 1.165) is 18.2 Å². The Bertz CT molecular complexity index is 632. The van der Waals surface area contributed by atoms with Crippen molar-refractivity contribution in [2.24, 2.45) is 0 Å². The third-order valence-electron chi connectivity index (χ3n) is 2.71. The molecule has 0 spiro atoms. The number of anilines is 1. The predicted molar refractivity (Wildman–Crippen MR) is 68.9 cm³/mol. The molecule has 104 valence electrons. The van der Waals surface area contributed by atoms with Crippen molar-refractivity contribution in [1.82, 2.24) is 4.98 Å². The van der Waals surface area contributed by atoms with Crippen LogP contribution in [0.3, 0.4) is 0 Å². The number of halogens is 2. The van der Waals surface area contributed by atoms with E-state index in [1.54, 1.807) is 6.07 Å². The van der Waals surface area contributed by atoms with Gasteiger partial charge in [0.2, 0.25) is 5.91 Å². The topological polar surface area (TPSA) is 62.2 Å². The Hall–Kier alpha value is -2.34. The molecule has 6 heteroatoms. The second-order valence-electron chi connectivity index (χ2n) is 4.15. The minimum absolute atomic E-state index is 0.0306. The van der Waals surface area contributed by atoms with Crippen LogP contribution in [-0.2, 0) is 17.8 Å². The Morgan fingerprint density at radius 1 is 1.25 bits per heavy atom. The highest BCUT2D eigenvalue weighted by Crippen LogP contribution is 2.15. The monoisotopic (exact) mass is 278 g/mol. The number of rotatable bonds is 4. The van der Waals surface area contributed by atoms with Crippen LogP contribution < -0.4 is 5.32 Å². The zero-order valence-corrected chi connectivity index (χ0v) is 10.4. The molecular weight excluding hydrogens is 266 g/mol. The number of carbonyl (C=O) groups is 1. The minimum Gasteiger partial charge on any atom is -0.392 e. The molecule has 2 N–H and O–H groups in total. The van der Waals surface area contributed by atoms with Crippen LogP contribution in [0.15, 0.2) is 36.7 Å². The summed E-state index contributed by atoms with van der Waals surface area (Å²) in [6, 6.07) is 4.49. The zero-order chi connectivity index (χ0) is 14.5. The van der Waals surface area contributed by atoms with Crippen LogP contribution in [0.2, 0.25) is 0 Å². The summed E-state index contributed by atoms with van der Waals surface area (Å²) in [5, 5.41) is 11.6. The summed E-state index contributed by atoms with van der Waals surface area (Å²) in [6.07, 6.45) is 2.56. The molecule has 2 rings (SSSR count). The number of benzene rings is 1. The van der Waals surface area contributed by atoms with Gasteiger partial charge in [0.15, 0.2) is 0 Å². The molecule has 0 aliphatic carbocycles. The van der Waals surface area contributed by atoms with Crippen molar-refractivity contribution in [3.63, 3.8) is 0 Å². The molecule has 1 aromatic heterocycles. The minimum atomic E-state index is -0.643. The lowest BCUT2D eigenvalue weighted by Gasteiger charge is -2.09. The van der Waals surface area contributed by atoms with E-state index in [4.69, 9.17) is 5.11 Å². The first kappa shape index (κ1) is 14.1. The van der Waals surface area contributed by atoms with Crippen LogP contribution in [0.5, 0.6) is 0 Å². The Kier molecular flexibility index (Phi) is 4.37. The van der Waals surface area contributed by atoms with Gasteiger partial charge in [-0.3, -0.25) is 9.78 Å². The van der Waals surface area contributed by atoms with E-state index in [0.29, 0.717) is 11.3 Å². The van der Waals surface area contributed by atoms with Crippen LogP contribution in [0.25, 0.3) is 0 Å². The molecule has 0 aliphatic rings. The number of aliphatic hydroxyl groups excluding tert-OH is 1. The number of pyridine rings is 1. The summed E-state index contributed by atoms with van der Waals surface area (Å²) in [5.74, 6) is -1.76. The van der Waals surface area contributed by atoms with Gasteiger partial charge in [0, 0.05) is 17.3 Å². The summed E-state index contributed by atoms with van der Waals surface area (Å²) >= 11 is 0. The smallest absolute Gasteiger partial charge is 0.228 e. The van der Waals surface area contributed by atoms with Crippen LogP contribution in [0, 0.1) is 11.6 Å². The number of aliphatic hydroxyl groups is 1. The van der Waals surface area contributed by atoms with Crippen molar-refractivity contribution in [3.8, 4) is 0 Å². The Morgan fingerprint density at radius 2 is 2.05 bits per heavy atom. The molecule has 2 aromatic rings. The van der Waals surface area contributed by atoms with E-state index < -0.39 is 17.5 Å². The quantitative estimate of drug-likeness (QED) is 0.899. The van der Waals surface area contributed by atoms with Gasteiger partial charge in [0.05, 0.1) is 24.9 Å². The molecule has 4 nitrogen and oxygen atoms in total. The molecule has 0 atom stereocenters. The van der Waals surface area contributed by atoms with Crippen molar-refractivity contribution in [1.29, 1.82) is 0 Å². The number of amides is 1. The highest BCUT2D eigenvalue weighted by Gasteiger charge is 2.11. The molecule has 1 heterocycles. The molecule has 0 bridgehead atoms. The first-order valence-electron chi connectivity index (χ1n) is 5.87. The maximum atomic E-state index is 13.4. The Labute approximate surface area is 114 Å². The number of nitrogens with one attached hydrogen (secondary N) is 1. The third-order valence-corrected chi connectivity index (χ3v) is 2.71. The predicted octanol–water partition coefficient (Wildman–Crippen LogP) is 2.03. The Morgan fingerprint density at radius 3 is 2.80 bits per heavy atom. The van der Waals surface area contributed by atoms with Crippen LogP contribution >= 0.6 is 0 Å². The maximum absolute atomic E-state index is 13.4. The number of hydrogen-bond acceptors (Lipinski definition) is 3. The number of aromatic nitrogens is 1. The maximum Gasteiger partial charge on any atom is 0.228 e. The summed E-state index contributed by atoms with van der Waals surface area (Å²) in [5.41, 5.74) is 0.807. The molecule has 1 amide bonds. The number of carbonyl (C=O) groups excluding carboxylic acids is 1. The van der Waals surface area contributed by atoms with Crippen molar-refractivity contribution < 1.29 is 18.7 Å². The molecule has 0 fully saturated rings. The van der Waals surface area contributed by atoms with Gasteiger partial charge in [0.1, 0.15) is 11.6 Å². The number of hydrogen-bond donors (Lipinski definition) is 2. The Balaban J connectivity index is 2.11. The molecule has 0 saturated heterocycles. The van der Waals surface area contributed by atoms with Gasteiger partial charge in [-0.05, 0) is 24.3 Å². The number of nitrogens with zero attached hydrogens (tertiary/aromatic N) is 1. The fourth-order valence-electron chi connectivity index (χ4n) is 1.72. The summed E-state index contributed by atoms with van der Waals surface area (Å²) in [4.78, 5) is 15.6. The molecule has 20 heavy (non-hydrogen) atoms. The van der Waals surface area contributed by atoms with Crippen molar-refractivity contribution in [2.45, 2.75) is 13.0 Å². The second-order valence-corrected chi connectivity index (χ2v) is 4.15. The molecular formula is C14H12F2N2O2. The van der Waals surface area contributed by atoms with Gasteiger partial charge in [-0.15, -0.1) is 0 Å². The van der Waals surface area contributed by atoms with E-state index in [2.05, 4.69) is 10.3 Å².